The number of hydrogen-bond acceptors (Lipinski definition) is 5. The molecule has 0 aliphatic carbocycles. The minimum atomic E-state index is -3.62. The van der Waals surface area contributed by atoms with Crippen LogP contribution in [-0.4, -0.2) is 52.2 Å². The number of benzene rings is 1. The summed E-state index contributed by atoms with van der Waals surface area (Å²) in [7, 11) is -3.62. The predicted molar refractivity (Wildman–Crippen MR) is 87.4 cm³/mol. The fourth-order valence-electron chi connectivity index (χ4n) is 2.71. The molecule has 23 heavy (non-hydrogen) atoms. The Morgan fingerprint density at radius 1 is 1.35 bits per heavy atom. The zero-order valence-corrected chi connectivity index (χ0v) is 14.3. The van der Waals surface area contributed by atoms with Gasteiger partial charge in [0.15, 0.2) is 0 Å². The summed E-state index contributed by atoms with van der Waals surface area (Å²) in [5.74, 6) is 0.321. The fraction of sp³-hybridized carbons (Fsp3) is 0.562. The van der Waals surface area contributed by atoms with E-state index in [1.165, 1.54) is 12.1 Å². The first kappa shape index (κ1) is 17.9. The number of sulfonamides is 1. The SMILES string of the molecule is CC(C)C(CNS(=O)(=O)c1cccc(C#N)c1)N1CCOCC1. The Morgan fingerprint density at radius 3 is 2.65 bits per heavy atom. The van der Waals surface area contributed by atoms with Crippen molar-refractivity contribution >= 4 is 10.0 Å². The Labute approximate surface area is 138 Å². The van der Waals surface area contributed by atoms with Crippen molar-refractivity contribution in [3.63, 3.8) is 0 Å². The van der Waals surface area contributed by atoms with Gasteiger partial charge in [-0.1, -0.05) is 19.9 Å². The number of nitrogens with zero attached hydrogens (tertiary/aromatic N) is 2. The highest BCUT2D eigenvalue weighted by Crippen LogP contribution is 2.15. The zero-order valence-electron chi connectivity index (χ0n) is 13.5. The lowest BCUT2D eigenvalue weighted by molar-refractivity contribution is 0.00776. The van der Waals surface area contributed by atoms with Crippen LogP contribution in [0, 0.1) is 17.2 Å². The van der Waals surface area contributed by atoms with Crippen LogP contribution < -0.4 is 4.72 Å². The van der Waals surface area contributed by atoms with Gasteiger partial charge in [-0.05, 0) is 24.1 Å². The molecular weight excluding hydrogens is 314 g/mol. The Kier molecular flexibility index (Phi) is 6.13. The van der Waals surface area contributed by atoms with E-state index in [0.29, 0.717) is 31.2 Å². The lowest BCUT2D eigenvalue weighted by Crippen LogP contribution is -2.51. The molecule has 126 valence electrons. The number of ether oxygens (including phenoxy) is 1. The topological polar surface area (TPSA) is 82.4 Å². The molecule has 0 bridgehead atoms. The largest absolute Gasteiger partial charge is 0.379 e. The second kappa shape index (κ2) is 7.88. The molecule has 0 radical (unpaired) electrons. The second-order valence-electron chi connectivity index (χ2n) is 5.95. The molecule has 1 atom stereocenters. The summed E-state index contributed by atoms with van der Waals surface area (Å²) in [5, 5.41) is 8.91. The maximum absolute atomic E-state index is 12.4. The molecule has 0 saturated carbocycles. The van der Waals surface area contributed by atoms with Crippen LogP contribution in [0.4, 0.5) is 0 Å². The molecule has 0 spiro atoms. The second-order valence-corrected chi connectivity index (χ2v) is 7.72. The summed E-state index contributed by atoms with van der Waals surface area (Å²) in [4.78, 5) is 2.39. The van der Waals surface area contributed by atoms with Gasteiger partial charge in [0.25, 0.3) is 0 Å². The quantitative estimate of drug-likeness (QED) is 0.843. The third-order valence-corrected chi connectivity index (χ3v) is 5.46. The van der Waals surface area contributed by atoms with Crippen LogP contribution in [0.3, 0.4) is 0 Å². The molecule has 1 aromatic rings. The van der Waals surface area contributed by atoms with Crippen molar-refractivity contribution in [1.29, 1.82) is 5.26 Å². The lowest BCUT2D eigenvalue weighted by atomic mass is 10.0. The molecule has 7 heteroatoms. The molecule has 1 unspecified atom stereocenters. The molecule has 1 aliphatic heterocycles. The number of rotatable bonds is 6. The van der Waals surface area contributed by atoms with Gasteiger partial charge in [0, 0.05) is 25.7 Å². The minimum Gasteiger partial charge on any atom is -0.379 e. The van der Waals surface area contributed by atoms with Gasteiger partial charge in [-0.2, -0.15) is 5.26 Å². The van der Waals surface area contributed by atoms with Crippen molar-refractivity contribution in [2.45, 2.75) is 24.8 Å². The average Bonchev–Trinajstić information content (AvgIpc) is 2.55. The first-order valence-corrected chi connectivity index (χ1v) is 9.24. The molecule has 1 fully saturated rings. The maximum Gasteiger partial charge on any atom is 0.240 e. The van der Waals surface area contributed by atoms with Gasteiger partial charge in [-0.25, -0.2) is 13.1 Å². The number of nitrogens with one attached hydrogen (secondary N) is 1. The van der Waals surface area contributed by atoms with E-state index in [-0.39, 0.29) is 10.9 Å². The van der Waals surface area contributed by atoms with Gasteiger partial charge >= 0.3 is 0 Å². The van der Waals surface area contributed by atoms with E-state index in [0.717, 1.165) is 13.1 Å². The van der Waals surface area contributed by atoms with Crippen molar-refractivity contribution in [3.8, 4) is 6.07 Å². The van der Waals surface area contributed by atoms with E-state index >= 15 is 0 Å². The highest BCUT2D eigenvalue weighted by atomic mass is 32.2. The molecule has 0 aromatic heterocycles. The third-order valence-electron chi connectivity index (χ3n) is 4.04. The number of nitriles is 1. The smallest absolute Gasteiger partial charge is 0.240 e. The summed E-state index contributed by atoms with van der Waals surface area (Å²) in [5.41, 5.74) is 0.335. The molecule has 1 N–H and O–H groups in total. The highest BCUT2D eigenvalue weighted by Gasteiger charge is 2.26. The standard InChI is InChI=1S/C16H23N3O3S/c1-13(2)16(19-6-8-22-9-7-19)12-18-23(20,21)15-5-3-4-14(10-15)11-17/h3-5,10,13,16,18H,6-9,12H2,1-2H3. The highest BCUT2D eigenvalue weighted by molar-refractivity contribution is 7.89. The molecular formula is C16H23N3O3S. The normalized spacial score (nSPS) is 17.8. The van der Waals surface area contributed by atoms with Crippen LogP contribution in [0.15, 0.2) is 29.2 Å². The average molecular weight is 337 g/mol. The van der Waals surface area contributed by atoms with E-state index in [1.807, 2.05) is 6.07 Å². The number of hydrogen-bond donors (Lipinski definition) is 1. The molecule has 1 aliphatic rings. The summed E-state index contributed by atoms with van der Waals surface area (Å²) in [6.07, 6.45) is 0. The van der Waals surface area contributed by atoms with Crippen LogP contribution in [0.25, 0.3) is 0 Å². The molecule has 1 heterocycles. The van der Waals surface area contributed by atoms with Crippen LogP contribution in [0.1, 0.15) is 19.4 Å². The molecule has 0 amide bonds. The molecule has 1 saturated heterocycles. The molecule has 2 rings (SSSR count). The van der Waals surface area contributed by atoms with Crippen LogP contribution in [-0.2, 0) is 14.8 Å². The summed E-state index contributed by atoms with van der Waals surface area (Å²) in [6.45, 7) is 7.51. The Bertz CT molecular complexity index is 661. The Hall–Kier alpha value is -1.46. The van der Waals surface area contributed by atoms with Gasteiger partial charge in [0.2, 0.25) is 10.0 Å². The van der Waals surface area contributed by atoms with Crippen molar-refractivity contribution in [2.24, 2.45) is 5.92 Å². The van der Waals surface area contributed by atoms with Gasteiger partial charge in [-0.3, -0.25) is 4.90 Å². The van der Waals surface area contributed by atoms with E-state index < -0.39 is 10.0 Å². The summed E-state index contributed by atoms with van der Waals surface area (Å²) in [6, 6.07) is 8.14. The van der Waals surface area contributed by atoms with E-state index in [4.69, 9.17) is 10.00 Å². The fourth-order valence-corrected chi connectivity index (χ4v) is 3.80. The van der Waals surface area contributed by atoms with Gasteiger partial charge in [0.1, 0.15) is 0 Å². The summed E-state index contributed by atoms with van der Waals surface area (Å²) >= 11 is 0. The zero-order chi connectivity index (χ0) is 16.9. The van der Waals surface area contributed by atoms with E-state index in [9.17, 15) is 8.42 Å². The van der Waals surface area contributed by atoms with E-state index in [2.05, 4.69) is 23.5 Å². The predicted octanol–water partition coefficient (Wildman–Crippen LogP) is 1.19. The van der Waals surface area contributed by atoms with Crippen LogP contribution >= 0.6 is 0 Å². The van der Waals surface area contributed by atoms with Crippen molar-refractivity contribution in [3.05, 3.63) is 29.8 Å². The summed E-state index contributed by atoms with van der Waals surface area (Å²) < 4.78 is 32.9. The van der Waals surface area contributed by atoms with Crippen molar-refractivity contribution < 1.29 is 13.2 Å². The van der Waals surface area contributed by atoms with Gasteiger partial charge in [0.05, 0.1) is 29.7 Å². The van der Waals surface area contributed by atoms with E-state index in [1.54, 1.807) is 12.1 Å². The molecule has 6 nitrogen and oxygen atoms in total. The minimum absolute atomic E-state index is 0.118. The third kappa shape index (κ3) is 4.75. The first-order chi connectivity index (χ1) is 10.9. The van der Waals surface area contributed by atoms with Gasteiger partial charge in [-0.15, -0.1) is 0 Å². The Morgan fingerprint density at radius 2 is 2.04 bits per heavy atom. The lowest BCUT2D eigenvalue weighted by Gasteiger charge is -2.36. The van der Waals surface area contributed by atoms with Crippen LogP contribution in [0.5, 0.6) is 0 Å². The van der Waals surface area contributed by atoms with Gasteiger partial charge < -0.3 is 4.74 Å². The Balaban J connectivity index is 2.08. The molecule has 1 aromatic carbocycles. The van der Waals surface area contributed by atoms with Crippen LogP contribution in [0.2, 0.25) is 0 Å². The maximum atomic E-state index is 12.4. The number of morpholine rings is 1. The van der Waals surface area contributed by atoms with Crippen molar-refractivity contribution in [2.75, 3.05) is 32.8 Å². The van der Waals surface area contributed by atoms with Crippen molar-refractivity contribution in [1.82, 2.24) is 9.62 Å². The first-order valence-electron chi connectivity index (χ1n) is 7.75. The monoisotopic (exact) mass is 337 g/mol.